The number of aryl methyl sites for hydroxylation is 1. The number of aromatic nitrogens is 1. The SMILES string of the molecule is Cc1ccc(Cl)cc1-c1c[nH]cc1N. The molecule has 2 aromatic rings. The lowest BCUT2D eigenvalue weighted by atomic mass is 10.0. The third-order valence-corrected chi connectivity index (χ3v) is 2.50. The number of aromatic amines is 1. The van der Waals surface area contributed by atoms with Crippen LogP contribution in [0.1, 0.15) is 5.56 Å². The number of H-pyrrole nitrogens is 1. The highest BCUT2D eigenvalue weighted by molar-refractivity contribution is 6.30. The average molecular weight is 207 g/mol. The van der Waals surface area contributed by atoms with E-state index in [0.29, 0.717) is 0 Å². The van der Waals surface area contributed by atoms with Crippen LogP contribution in [0.25, 0.3) is 11.1 Å². The van der Waals surface area contributed by atoms with E-state index < -0.39 is 0 Å². The van der Waals surface area contributed by atoms with Crippen LogP contribution in [-0.4, -0.2) is 4.98 Å². The molecular formula is C11H11ClN2. The number of rotatable bonds is 1. The molecule has 14 heavy (non-hydrogen) atoms. The summed E-state index contributed by atoms with van der Waals surface area (Å²) < 4.78 is 0. The molecule has 1 heterocycles. The van der Waals surface area contributed by atoms with Gasteiger partial charge in [0.2, 0.25) is 0 Å². The van der Waals surface area contributed by atoms with Gasteiger partial charge >= 0.3 is 0 Å². The van der Waals surface area contributed by atoms with Gasteiger partial charge in [0.25, 0.3) is 0 Å². The number of halogens is 1. The minimum Gasteiger partial charge on any atom is -0.397 e. The van der Waals surface area contributed by atoms with Crippen molar-refractivity contribution in [2.75, 3.05) is 5.73 Å². The van der Waals surface area contributed by atoms with E-state index in [0.717, 1.165) is 21.8 Å². The maximum Gasteiger partial charge on any atom is 0.0571 e. The number of benzene rings is 1. The van der Waals surface area contributed by atoms with Gasteiger partial charge in [-0.3, -0.25) is 0 Å². The maximum absolute atomic E-state index is 5.94. The summed E-state index contributed by atoms with van der Waals surface area (Å²) in [5.41, 5.74) is 9.81. The monoisotopic (exact) mass is 206 g/mol. The minimum atomic E-state index is 0.728. The average Bonchev–Trinajstić information content (AvgIpc) is 2.56. The molecule has 0 bridgehead atoms. The lowest BCUT2D eigenvalue weighted by Gasteiger charge is -2.05. The first-order valence-corrected chi connectivity index (χ1v) is 4.75. The second-order valence-corrected chi connectivity index (χ2v) is 3.72. The van der Waals surface area contributed by atoms with Gasteiger partial charge in [0.05, 0.1) is 5.69 Å². The summed E-state index contributed by atoms with van der Waals surface area (Å²) in [6, 6.07) is 5.80. The maximum atomic E-state index is 5.94. The summed E-state index contributed by atoms with van der Waals surface area (Å²) in [6.07, 6.45) is 3.66. The summed E-state index contributed by atoms with van der Waals surface area (Å²) >= 11 is 5.94. The van der Waals surface area contributed by atoms with E-state index in [4.69, 9.17) is 17.3 Å². The fourth-order valence-electron chi connectivity index (χ4n) is 1.49. The van der Waals surface area contributed by atoms with E-state index in [9.17, 15) is 0 Å². The molecule has 0 aliphatic rings. The Morgan fingerprint density at radius 2 is 2.00 bits per heavy atom. The summed E-state index contributed by atoms with van der Waals surface area (Å²) in [7, 11) is 0. The molecule has 72 valence electrons. The highest BCUT2D eigenvalue weighted by Gasteiger charge is 2.06. The fourth-order valence-corrected chi connectivity index (χ4v) is 1.67. The van der Waals surface area contributed by atoms with Crippen molar-refractivity contribution in [1.82, 2.24) is 4.98 Å². The van der Waals surface area contributed by atoms with Crippen molar-refractivity contribution in [3.8, 4) is 11.1 Å². The predicted molar refractivity (Wildman–Crippen MR) is 60.4 cm³/mol. The number of nitrogen functional groups attached to an aromatic ring is 1. The number of nitrogens with two attached hydrogens (primary N) is 1. The highest BCUT2D eigenvalue weighted by Crippen LogP contribution is 2.30. The van der Waals surface area contributed by atoms with E-state index in [2.05, 4.69) is 4.98 Å². The molecule has 0 spiro atoms. The number of hydrogen-bond acceptors (Lipinski definition) is 1. The van der Waals surface area contributed by atoms with Gasteiger partial charge in [0.15, 0.2) is 0 Å². The standard InChI is InChI=1S/C11H11ClN2/c1-7-2-3-8(12)4-9(7)10-5-14-6-11(10)13/h2-6,14H,13H2,1H3. The van der Waals surface area contributed by atoms with Crippen LogP contribution in [-0.2, 0) is 0 Å². The van der Waals surface area contributed by atoms with Crippen molar-refractivity contribution in [3.63, 3.8) is 0 Å². The first-order valence-electron chi connectivity index (χ1n) is 4.37. The van der Waals surface area contributed by atoms with Gasteiger partial charge in [0.1, 0.15) is 0 Å². The Morgan fingerprint density at radius 1 is 1.21 bits per heavy atom. The zero-order chi connectivity index (χ0) is 10.1. The highest BCUT2D eigenvalue weighted by atomic mass is 35.5. The van der Waals surface area contributed by atoms with Gasteiger partial charge in [-0.1, -0.05) is 17.7 Å². The second-order valence-electron chi connectivity index (χ2n) is 3.28. The van der Waals surface area contributed by atoms with Gasteiger partial charge in [-0.25, -0.2) is 0 Å². The molecule has 0 saturated carbocycles. The Labute approximate surface area is 87.7 Å². The van der Waals surface area contributed by atoms with E-state index in [1.165, 1.54) is 5.56 Å². The van der Waals surface area contributed by atoms with E-state index in [1.54, 1.807) is 6.20 Å². The smallest absolute Gasteiger partial charge is 0.0571 e. The lowest BCUT2D eigenvalue weighted by Crippen LogP contribution is -1.87. The zero-order valence-corrected chi connectivity index (χ0v) is 8.60. The number of anilines is 1. The molecule has 0 amide bonds. The van der Waals surface area contributed by atoms with Crippen molar-refractivity contribution < 1.29 is 0 Å². The van der Waals surface area contributed by atoms with Crippen LogP contribution in [0.2, 0.25) is 5.02 Å². The number of hydrogen-bond donors (Lipinski definition) is 2. The molecule has 0 fully saturated rings. The van der Waals surface area contributed by atoms with Gasteiger partial charge in [-0.15, -0.1) is 0 Å². The molecule has 0 saturated heterocycles. The third-order valence-electron chi connectivity index (χ3n) is 2.27. The second kappa shape index (κ2) is 3.39. The molecule has 3 N–H and O–H groups in total. The summed E-state index contributed by atoms with van der Waals surface area (Å²) in [6.45, 7) is 2.04. The predicted octanol–water partition coefficient (Wildman–Crippen LogP) is 3.23. The molecule has 0 aliphatic carbocycles. The topological polar surface area (TPSA) is 41.8 Å². The molecule has 1 aromatic carbocycles. The van der Waals surface area contributed by atoms with Crippen LogP contribution in [0.4, 0.5) is 5.69 Å². The van der Waals surface area contributed by atoms with Crippen LogP contribution in [0.3, 0.4) is 0 Å². The number of nitrogens with one attached hydrogen (secondary N) is 1. The zero-order valence-electron chi connectivity index (χ0n) is 7.84. The Balaban J connectivity index is 2.62. The van der Waals surface area contributed by atoms with Crippen LogP contribution < -0.4 is 5.73 Å². The molecule has 0 unspecified atom stereocenters. The lowest BCUT2D eigenvalue weighted by molar-refractivity contribution is 1.41. The quantitative estimate of drug-likeness (QED) is 0.739. The molecular weight excluding hydrogens is 196 g/mol. The van der Waals surface area contributed by atoms with Gasteiger partial charge < -0.3 is 10.7 Å². The summed E-state index contributed by atoms with van der Waals surface area (Å²) in [5.74, 6) is 0. The van der Waals surface area contributed by atoms with Crippen molar-refractivity contribution in [2.45, 2.75) is 6.92 Å². The van der Waals surface area contributed by atoms with Crippen molar-refractivity contribution in [1.29, 1.82) is 0 Å². The molecule has 3 heteroatoms. The summed E-state index contributed by atoms with van der Waals surface area (Å²) in [5, 5.41) is 0.728. The van der Waals surface area contributed by atoms with Crippen LogP contribution in [0.5, 0.6) is 0 Å². The summed E-state index contributed by atoms with van der Waals surface area (Å²) in [4.78, 5) is 2.98. The third kappa shape index (κ3) is 1.49. The van der Waals surface area contributed by atoms with E-state index >= 15 is 0 Å². The minimum absolute atomic E-state index is 0.728. The molecule has 1 aromatic heterocycles. The first kappa shape index (κ1) is 9.16. The van der Waals surface area contributed by atoms with Crippen molar-refractivity contribution >= 4 is 17.3 Å². The van der Waals surface area contributed by atoms with Crippen molar-refractivity contribution in [3.05, 3.63) is 41.2 Å². The normalized spacial score (nSPS) is 10.4. The Hall–Kier alpha value is -1.41. The molecule has 0 radical (unpaired) electrons. The van der Waals surface area contributed by atoms with Crippen LogP contribution >= 0.6 is 11.6 Å². The molecule has 0 atom stereocenters. The fraction of sp³-hybridized carbons (Fsp3) is 0.0909. The largest absolute Gasteiger partial charge is 0.397 e. The Kier molecular flexibility index (Phi) is 2.22. The van der Waals surface area contributed by atoms with Gasteiger partial charge in [0, 0.05) is 23.0 Å². The molecule has 2 rings (SSSR count). The van der Waals surface area contributed by atoms with Crippen LogP contribution in [0, 0.1) is 6.92 Å². The molecule has 2 nitrogen and oxygen atoms in total. The van der Waals surface area contributed by atoms with E-state index in [1.807, 2.05) is 31.3 Å². The van der Waals surface area contributed by atoms with Crippen LogP contribution in [0.15, 0.2) is 30.6 Å². The van der Waals surface area contributed by atoms with Gasteiger partial charge in [-0.2, -0.15) is 0 Å². The Morgan fingerprint density at radius 3 is 2.64 bits per heavy atom. The van der Waals surface area contributed by atoms with Crippen molar-refractivity contribution in [2.24, 2.45) is 0 Å². The van der Waals surface area contributed by atoms with Gasteiger partial charge in [-0.05, 0) is 30.2 Å². The molecule has 0 aliphatic heterocycles. The Bertz CT molecular complexity index is 460. The first-order chi connectivity index (χ1) is 6.68. The van der Waals surface area contributed by atoms with E-state index in [-0.39, 0.29) is 0 Å².